The predicted molar refractivity (Wildman–Crippen MR) is 75.3 cm³/mol. The zero-order valence-electron chi connectivity index (χ0n) is 11.6. The number of hydrogen-bond acceptors (Lipinski definition) is 2. The first kappa shape index (κ1) is 13.6. The SMILES string of the molecule is NC(CC(=O)N(Cc1ccc(F)cc1)C1CC1)C1CC1. The molecule has 0 bridgehead atoms. The third-order valence-electron chi connectivity index (χ3n) is 4.21. The predicted octanol–water partition coefficient (Wildman–Crippen LogP) is 2.44. The molecule has 0 aromatic heterocycles. The van der Waals surface area contributed by atoms with E-state index in [9.17, 15) is 9.18 Å². The Morgan fingerprint density at radius 2 is 1.90 bits per heavy atom. The molecule has 0 saturated heterocycles. The van der Waals surface area contributed by atoms with Gasteiger partial charge in [-0.25, -0.2) is 4.39 Å². The second-order valence-corrected chi connectivity index (χ2v) is 6.08. The molecule has 1 unspecified atom stereocenters. The number of hydrogen-bond donors (Lipinski definition) is 1. The zero-order chi connectivity index (χ0) is 14.1. The molecule has 1 atom stereocenters. The normalized spacial score (nSPS) is 19.7. The molecule has 0 aliphatic heterocycles. The Bertz CT molecular complexity index is 480. The Labute approximate surface area is 118 Å². The number of nitrogens with zero attached hydrogens (tertiary/aromatic N) is 1. The second kappa shape index (κ2) is 5.52. The maximum Gasteiger partial charge on any atom is 0.224 e. The molecule has 1 aromatic rings. The van der Waals surface area contributed by atoms with E-state index in [1.807, 2.05) is 4.90 Å². The largest absolute Gasteiger partial charge is 0.335 e. The van der Waals surface area contributed by atoms with Gasteiger partial charge in [-0.1, -0.05) is 12.1 Å². The van der Waals surface area contributed by atoms with E-state index in [1.54, 1.807) is 12.1 Å². The highest BCUT2D eigenvalue weighted by Crippen LogP contribution is 2.34. The van der Waals surface area contributed by atoms with Crippen LogP contribution in [0.25, 0.3) is 0 Å². The van der Waals surface area contributed by atoms with Gasteiger partial charge in [0.25, 0.3) is 0 Å². The van der Waals surface area contributed by atoms with Gasteiger partial charge in [0, 0.05) is 25.0 Å². The first-order valence-electron chi connectivity index (χ1n) is 7.43. The molecule has 2 aliphatic carbocycles. The minimum atomic E-state index is -0.242. The number of halogens is 1. The van der Waals surface area contributed by atoms with Crippen LogP contribution in [0.3, 0.4) is 0 Å². The number of rotatable bonds is 6. The molecule has 1 amide bonds. The van der Waals surface area contributed by atoms with Gasteiger partial charge in [-0.15, -0.1) is 0 Å². The van der Waals surface area contributed by atoms with Gasteiger partial charge in [-0.2, -0.15) is 0 Å². The van der Waals surface area contributed by atoms with Gasteiger partial charge in [-0.05, 0) is 49.3 Å². The van der Waals surface area contributed by atoms with E-state index in [4.69, 9.17) is 5.73 Å². The molecule has 1 aromatic carbocycles. The van der Waals surface area contributed by atoms with Gasteiger partial charge >= 0.3 is 0 Å². The molecule has 20 heavy (non-hydrogen) atoms. The van der Waals surface area contributed by atoms with Crippen molar-refractivity contribution < 1.29 is 9.18 Å². The van der Waals surface area contributed by atoms with E-state index >= 15 is 0 Å². The Kier molecular flexibility index (Phi) is 3.74. The summed E-state index contributed by atoms with van der Waals surface area (Å²) in [5.41, 5.74) is 7.03. The van der Waals surface area contributed by atoms with Crippen LogP contribution < -0.4 is 5.73 Å². The Morgan fingerprint density at radius 1 is 1.25 bits per heavy atom. The number of carbonyl (C=O) groups is 1. The van der Waals surface area contributed by atoms with Crippen molar-refractivity contribution in [2.75, 3.05) is 0 Å². The maximum absolute atomic E-state index is 12.9. The van der Waals surface area contributed by atoms with Crippen molar-refractivity contribution in [2.45, 2.75) is 50.7 Å². The average Bonchev–Trinajstić information content (AvgIpc) is 3.29. The van der Waals surface area contributed by atoms with Crippen molar-refractivity contribution in [1.82, 2.24) is 4.90 Å². The van der Waals surface area contributed by atoms with Crippen LogP contribution in [0.2, 0.25) is 0 Å². The highest BCUT2D eigenvalue weighted by Gasteiger charge is 2.35. The van der Waals surface area contributed by atoms with Gasteiger partial charge in [0.05, 0.1) is 0 Å². The number of benzene rings is 1. The van der Waals surface area contributed by atoms with Crippen LogP contribution in [0, 0.1) is 11.7 Å². The fourth-order valence-electron chi connectivity index (χ4n) is 2.60. The van der Waals surface area contributed by atoms with Crippen molar-refractivity contribution in [3.8, 4) is 0 Å². The lowest BCUT2D eigenvalue weighted by Crippen LogP contribution is -2.37. The van der Waals surface area contributed by atoms with Gasteiger partial charge in [0.15, 0.2) is 0 Å². The molecule has 3 nitrogen and oxygen atoms in total. The van der Waals surface area contributed by atoms with Crippen LogP contribution >= 0.6 is 0 Å². The third kappa shape index (κ3) is 3.37. The van der Waals surface area contributed by atoms with Crippen molar-refractivity contribution in [2.24, 2.45) is 11.7 Å². The molecule has 2 saturated carbocycles. The first-order valence-corrected chi connectivity index (χ1v) is 7.43. The maximum atomic E-state index is 12.9. The van der Waals surface area contributed by atoms with E-state index in [0.717, 1.165) is 31.2 Å². The zero-order valence-corrected chi connectivity index (χ0v) is 11.6. The minimum absolute atomic E-state index is 0.0111. The van der Waals surface area contributed by atoms with E-state index in [-0.39, 0.29) is 17.8 Å². The summed E-state index contributed by atoms with van der Waals surface area (Å²) in [4.78, 5) is 14.3. The third-order valence-corrected chi connectivity index (χ3v) is 4.21. The van der Waals surface area contributed by atoms with Gasteiger partial charge in [-0.3, -0.25) is 4.79 Å². The van der Waals surface area contributed by atoms with Crippen molar-refractivity contribution in [3.05, 3.63) is 35.6 Å². The fourth-order valence-corrected chi connectivity index (χ4v) is 2.60. The molecule has 2 N–H and O–H groups in total. The smallest absolute Gasteiger partial charge is 0.224 e. The topological polar surface area (TPSA) is 46.3 Å². The molecule has 2 fully saturated rings. The van der Waals surface area contributed by atoms with Crippen LogP contribution in [0.1, 0.15) is 37.7 Å². The van der Waals surface area contributed by atoms with Crippen LogP contribution in [-0.4, -0.2) is 22.9 Å². The molecular formula is C16H21FN2O. The summed E-state index contributed by atoms with van der Waals surface area (Å²) in [6, 6.07) is 6.76. The summed E-state index contributed by atoms with van der Waals surface area (Å²) in [5, 5.41) is 0. The molecule has 4 heteroatoms. The van der Waals surface area contributed by atoms with Crippen LogP contribution in [0.4, 0.5) is 4.39 Å². The molecular weight excluding hydrogens is 255 g/mol. The number of carbonyl (C=O) groups excluding carboxylic acids is 1. The van der Waals surface area contributed by atoms with Crippen molar-refractivity contribution in [3.63, 3.8) is 0 Å². The Hall–Kier alpha value is -1.42. The standard InChI is InChI=1S/C16H21FN2O/c17-13-5-1-11(2-6-13)10-19(14-7-8-14)16(20)9-15(18)12-3-4-12/h1-2,5-6,12,14-15H,3-4,7-10,18H2. The summed E-state index contributed by atoms with van der Waals surface area (Å²) >= 11 is 0. The van der Waals surface area contributed by atoms with Crippen LogP contribution in [-0.2, 0) is 11.3 Å². The van der Waals surface area contributed by atoms with Crippen LogP contribution in [0.5, 0.6) is 0 Å². The highest BCUT2D eigenvalue weighted by atomic mass is 19.1. The van der Waals surface area contributed by atoms with Crippen molar-refractivity contribution >= 4 is 5.91 Å². The molecule has 0 spiro atoms. The summed E-state index contributed by atoms with van der Waals surface area (Å²) in [7, 11) is 0. The highest BCUT2D eigenvalue weighted by molar-refractivity contribution is 5.77. The summed E-state index contributed by atoms with van der Waals surface area (Å²) in [5.74, 6) is 0.454. The average molecular weight is 276 g/mol. The summed E-state index contributed by atoms with van der Waals surface area (Å²) in [6.07, 6.45) is 4.92. The van der Waals surface area contributed by atoms with E-state index < -0.39 is 0 Å². The fraction of sp³-hybridized carbons (Fsp3) is 0.562. The van der Waals surface area contributed by atoms with E-state index in [2.05, 4.69) is 0 Å². The Morgan fingerprint density at radius 3 is 2.45 bits per heavy atom. The number of amides is 1. The first-order chi connectivity index (χ1) is 9.63. The molecule has 3 rings (SSSR count). The Balaban J connectivity index is 1.62. The lowest BCUT2D eigenvalue weighted by molar-refractivity contribution is -0.132. The summed E-state index contributed by atoms with van der Waals surface area (Å²) < 4.78 is 12.9. The minimum Gasteiger partial charge on any atom is -0.335 e. The van der Waals surface area contributed by atoms with Gasteiger partial charge < -0.3 is 10.6 Å². The molecule has 108 valence electrons. The second-order valence-electron chi connectivity index (χ2n) is 6.08. The van der Waals surface area contributed by atoms with Gasteiger partial charge in [0.1, 0.15) is 5.82 Å². The van der Waals surface area contributed by atoms with E-state index in [1.165, 1.54) is 12.1 Å². The lowest BCUT2D eigenvalue weighted by atomic mass is 10.1. The monoisotopic (exact) mass is 276 g/mol. The molecule has 0 heterocycles. The van der Waals surface area contributed by atoms with Crippen molar-refractivity contribution in [1.29, 1.82) is 0 Å². The summed E-state index contributed by atoms with van der Waals surface area (Å²) in [6.45, 7) is 0.571. The van der Waals surface area contributed by atoms with Gasteiger partial charge in [0.2, 0.25) is 5.91 Å². The molecule has 2 aliphatic rings. The van der Waals surface area contributed by atoms with E-state index in [0.29, 0.717) is 24.9 Å². The molecule has 0 radical (unpaired) electrons. The number of nitrogens with two attached hydrogens (primary N) is 1. The lowest BCUT2D eigenvalue weighted by Gasteiger charge is -2.24. The van der Waals surface area contributed by atoms with Crippen LogP contribution in [0.15, 0.2) is 24.3 Å². The quantitative estimate of drug-likeness (QED) is 0.867.